The molecule has 0 radical (unpaired) electrons. The van der Waals surface area contributed by atoms with Gasteiger partial charge in [0.1, 0.15) is 0 Å². The van der Waals surface area contributed by atoms with Crippen LogP contribution in [0.4, 0.5) is 0 Å². The molecule has 0 bridgehead atoms. The normalized spacial score (nSPS) is 17.9. The topological polar surface area (TPSA) is 93.1 Å². The Morgan fingerprint density at radius 3 is 3.12 bits per heavy atom. The van der Waals surface area contributed by atoms with Crippen LogP contribution in [0.3, 0.4) is 0 Å². The number of aromatic amines is 1. The molecule has 0 aromatic carbocycles. The SMILES string of the molecule is CCn1cc(C(=O)N2CCOC(CCc3cc(=O)[nH]cn3)C2)cn1. The lowest BCUT2D eigenvalue weighted by Gasteiger charge is -2.32. The summed E-state index contributed by atoms with van der Waals surface area (Å²) in [6, 6.07) is 1.49. The molecule has 1 fully saturated rings. The van der Waals surface area contributed by atoms with Crippen LogP contribution in [-0.2, 0) is 17.7 Å². The number of hydrogen-bond acceptors (Lipinski definition) is 5. The third kappa shape index (κ3) is 3.88. The number of nitrogens with one attached hydrogen (secondary N) is 1. The molecule has 1 aliphatic rings. The second-order valence-electron chi connectivity index (χ2n) is 5.77. The molecule has 128 valence electrons. The predicted molar refractivity (Wildman–Crippen MR) is 86.7 cm³/mol. The number of amides is 1. The largest absolute Gasteiger partial charge is 0.375 e. The highest BCUT2D eigenvalue weighted by Crippen LogP contribution is 2.14. The van der Waals surface area contributed by atoms with Crippen molar-refractivity contribution in [3.8, 4) is 0 Å². The maximum Gasteiger partial charge on any atom is 0.257 e. The van der Waals surface area contributed by atoms with Gasteiger partial charge in [-0.3, -0.25) is 14.3 Å². The van der Waals surface area contributed by atoms with Gasteiger partial charge >= 0.3 is 0 Å². The molecule has 8 heteroatoms. The minimum Gasteiger partial charge on any atom is -0.375 e. The van der Waals surface area contributed by atoms with Crippen LogP contribution in [0.1, 0.15) is 29.4 Å². The number of nitrogens with zero attached hydrogens (tertiary/aromatic N) is 4. The smallest absolute Gasteiger partial charge is 0.257 e. The second kappa shape index (κ2) is 7.39. The van der Waals surface area contributed by atoms with E-state index in [1.165, 1.54) is 12.4 Å². The minimum absolute atomic E-state index is 0.0164. The lowest BCUT2D eigenvalue weighted by molar-refractivity contribution is -0.0247. The van der Waals surface area contributed by atoms with Crippen molar-refractivity contribution >= 4 is 5.91 Å². The number of rotatable bonds is 5. The van der Waals surface area contributed by atoms with Gasteiger partial charge in [-0.15, -0.1) is 0 Å². The summed E-state index contributed by atoms with van der Waals surface area (Å²) < 4.78 is 7.48. The van der Waals surface area contributed by atoms with Crippen LogP contribution in [0, 0.1) is 0 Å². The molecule has 3 heterocycles. The van der Waals surface area contributed by atoms with E-state index in [1.807, 2.05) is 6.92 Å². The number of carbonyl (C=O) groups excluding carboxylic acids is 1. The number of ether oxygens (including phenoxy) is 1. The van der Waals surface area contributed by atoms with Gasteiger partial charge < -0.3 is 14.6 Å². The van der Waals surface area contributed by atoms with Crippen molar-refractivity contribution in [1.82, 2.24) is 24.6 Å². The van der Waals surface area contributed by atoms with Crippen molar-refractivity contribution in [3.63, 3.8) is 0 Å². The maximum absolute atomic E-state index is 12.6. The maximum atomic E-state index is 12.6. The van der Waals surface area contributed by atoms with Crippen molar-refractivity contribution in [1.29, 1.82) is 0 Å². The molecule has 3 rings (SSSR count). The number of carbonyl (C=O) groups is 1. The highest BCUT2D eigenvalue weighted by molar-refractivity contribution is 5.93. The Labute approximate surface area is 139 Å². The zero-order valence-electron chi connectivity index (χ0n) is 13.6. The van der Waals surface area contributed by atoms with E-state index < -0.39 is 0 Å². The van der Waals surface area contributed by atoms with Gasteiger partial charge in [-0.25, -0.2) is 4.98 Å². The monoisotopic (exact) mass is 331 g/mol. The molecule has 2 aromatic rings. The molecule has 2 aromatic heterocycles. The van der Waals surface area contributed by atoms with Gasteiger partial charge in [0.05, 0.1) is 30.8 Å². The van der Waals surface area contributed by atoms with E-state index >= 15 is 0 Å². The lowest BCUT2D eigenvalue weighted by Crippen LogP contribution is -2.45. The van der Waals surface area contributed by atoms with Crippen molar-refractivity contribution in [2.75, 3.05) is 19.7 Å². The van der Waals surface area contributed by atoms with E-state index in [1.54, 1.807) is 22.0 Å². The molecule has 1 unspecified atom stereocenters. The molecule has 0 saturated carbocycles. The third-order valence-electron chi connectivity index (χ3n) is 4.09. The lowest BCUT2D eigenvalue weighted by atomic mass is 10.1. The molecule has 0 aliphatic carbocycles. The van der Waals surface area contributed by atoms with Crippen molar-refractivity contribution in [2.45, 2.75) is 32.4 Å². The molecular formula is C16H21N5O3. The van der Waals surface area contributed by atoms with Crippen LogP contribution in [0.5, 0.6) is 0 Å². The van der Waals surface area contributed by atoms with E-state index in [0.717, 1.165) is 12.2 Å². The Bertz CT molecular complexity index is 754. The van der Waals surface area contributed by atoms with Crippen molar-refractivity contribution in [2.24, 2.45) is 0 Å². The average Bonchev–Trinajstić information content (AvgIpc) is 3.09. The van der Waals surface area contributed by atoms with Gasteiger partial charge in [-0.1, -0.05) is 0 Å². The fourth-order valence-electron chi connectivity index (χ4n) is 2.76. The molecule has 1 amide bonds. The highest BCUT2D eigenvalue weighted by atomic mass is 16.5. The van der Waals surface area contributed by atoms with E-state index in [9.17, 15) is 9.59 Å². The zero-order chi connectivity index (χ0) is 16.9. The molecule has 0 spiro atoms. The van der Waals surface area contributed by atoms with Crippen LogP contribution >= 0.6 is 0 Å². The van der Waals surface area contributed by atoms with Gasteiger partial charge in [0.25, 0.3) is 11.5 Å². The minimum atomic E-state index is -0.158. The molecule has 8 nitrogen and oxygen atoms in total. The van der Waals surface area contributed by atoms with E-state index in [0.29, 0.717) is 38.1 Å². The molecule has 1 N–H and O–H groups in total. The summed E-state index contributed by atoms with van der Waals surface area (Å²) in [6.45, 7) is 4.35. The van der Waals surface area contributed by atoms with Gasteiger partial charge in [0.2, 0.25) is 0 Å². The Morgan fingerprint density at radius 1 is 1.50 bits per heavy atom. The van der Waals surface area contributed by atoms with Crippen LogP contribution in [-0.4, -0.2) is 56.4 Å². The fourth-order valence-corrected chi connectivity index (χ4v) is 2.76. The fraction of sp³-hybridized carbons (Fsp3) is 0.500. The highest BCUT2D eigenvalue weighted by Gasteiger charge is 2.25. The van der Waals surface area contributed by atoms with Gasteiger partial charge in [0, 0.05) is 37.6 Å². The summed E-state index contributed by atoms with van der Waals surface area (Å²) in [5, 5.41) is 4.15. The van der Waals surface area contributed by atoms with E-state index in [2.05, 4.69) is 15.1 Å². The summed E-state index contributed by atoms with van der Waals surface area (Å²) >= 11 is 0. The Morgan fingerprint density at radius 2 is 2.38 bits per heavy atom. The Balaban J connectivity index is 1.57. The first-order valence-corrected chi connectivity index (χ1v) is 8.12. The number of morpholine rings is 1. The molecule has 1 atom stereocenters. The predicted octanol–water partition coefficient (Wildman–Crippen LogP) is 0.460. The third-order valence-corrected chi connectivity index (χ3v) is 4.09. The van der Waals surface area contributed by atoms with Crippen molar-refractivity contribution < 1.29 is 9.53 Å². The first-order valence-electron chi connectivity index (χ1n) is 8.12. The van der Waals surface area contributed by atoms with Crippen LogP contribution in [0.15, 0.2) is 29.6 Å². The van der Waals surface area contributed by atoms with E-state index in [-0.39, 0.29) is 17.6 Å². The second-order valence-corrected chi connectivity index (χ2v) is 5.77. The Hall–Kier alpha value is -2.48. The molecule has 1 saturated heterocycles. The number of H-pyrrole nitrogens is 1. The number of hydrogen-bond donors (Lipinski definition) is 1. The van der Waals surface area contributed by atoms with Crippen LogP contribution < -0.4 is 5.56 Å². The summed E-state index contributed by atoms with van der Waals surface area (Å²) in [5.41, 5.74) is 1.18. The standard InChI is InChI=1S/C16H21N5O3/c1-2-21-9-12(8-19-21)16(23)20-5-6-24-14(10-20)4-3-13-7-15(22)18-11-17-13/h7-9,11,14H,2-6,10H2,1H3,(H,17,18,22). The number of aromatic nitrogens is 4. The first kappa shape index (κ1) is 16.4. The summed E-state index contributed by atoms with van der Waals surface area (Å²) in [7, 11) is 0. The van der Waals surface area contributed by atoms with Crippen LogP contribution in [0.2, 0.25) is 0 Å². The van der Waals surface area contributed by atoms with Gasteiger partial charge in [-0.2, -0.15) is 5.10 Å². The van der Waals surface area contributed by atoms with E-state index in [4.69, 9.17) is 4.74 Å². The van der Waals surface area contributed by atoms with Crippen LogP contribution in [0.25, 0.3) is 0 Å². The first-order chi connectivity index (χ1) is 11.7. The quantitative estimate of drug-likeness (QED) is 0.859. The van der Waals surface area contributed by atoms with Gasteiger partial charge in [0.15, 0.2) is 0 Å². The average molecular weight is 331 g/mol. The molecule has 24 heavy (non-hydrogen) atoms. The summed E-state index contributed by atoms with van der Waals surface area (Å²) in [4.78, 5) is 32.3. The summed E-state index contributed by atoms with van der Waals surface area (Å²) in [6.07, 6.45) is 6.09. The number of aryl methyl sites for hydroxylation is 2. The van der Waals surface area contributed by atoms with Crippen molar-refractivity contribution in [3.05, 3.63) is 46.4 Å². The Kier molecular flexibility index (Phi) is 5.05. The van der Waals surface area contributed by atoms with Gasteiger partial charge in [-0.05, 0) is 19.8 Å². The summed E-state index contributed by atoms with van der Waals surface area (Å²) in [5.74, 6) is -0.0164. The zero-order valence-corrected chi connectivity index (χ0v) is 13.6. The molecule has 1 aliphatic heterocycles. The molecular weight excluding hydrogens is 310 g/mol.